The molecular weight excluding hydrogens is 488 g/mol. The van der Waals surface area contributed by atoms with Crippen LogP contribution in [-0.4, -0.2) is 63.5 Å². The molecule has 3 aromatic carbocycles. The first-order valence-electron chi connectivity index (χ1n) is 13.5. The highest BCUT2D eigenvalue weighted by Gasteiger charge is 2.20. The van der Waals surface area contributed by atoms with Gasteiger partial charge >= 0.3 is 0 Å². The van der Waals surface area contributed by atoms with Crippen LogP contribution in [0, 0.1) is 0 Å². The first kappa shape index (κ1) is 23.8. The molecule has 1 saturated heterocycles. The van der Waals surface area contributed by atoms with Crippen LogP contribution in [0.25, 0.3) is 33.3 Å². The number of para-hydroxylation sites is 1. The molecule has 39 heavy (non-hydrogen) atoms. The quantitative estimate of drug-likeness (QED) is 0.366. The summed E-state index contributed by atoms with van der Waals surface area (Å²) in [5.41, 5.74) is 6.69. The van der Waals surface area contributed by atoms with E-state index in [4.69, 9.17) is 0 Å². The predicted molar refractivity (Wildman–Crippen MR) is 154 cm³/mol. The van der Waals surface area contributed by atoms with Crippen molar-refractivity contribution in [3.05, 3.63) is 93.8 Å². The number of benzene rings is 3. The van der Waals surface area contributed by atoms with E-state index in [1.807, 2.05) is 41.0 Å². The van der Waals surface area contributed by atoms with Gasteiger partial charge in [0.1, 0.15) is 5.82 Å². The minimum absolute atomic E-state index is 0.0412. The molecule has 2 aliphatic rings. The number of piperazine rings is 1. The number of nitrogens with zero attached hydrogens (tertiary/aromatic N) is 4. The Balaban J connectivity index is 1.10. The number of nitrogens with one attached hydrogen (secondary N) is 2. The van der Waals surface area contributed by atoms with Gasteiger partial charge in [0.15, 0.2) is 0 Å². The molecule has 2 aliphatic heterocycles. The molecule has 0 aliphatic carbocycles. The molecule has 2 N–H and O–H groups in total. The molecule has 4 heterocycles. The van der Waals surface area contributed by atoms with E-state index < -0.39 is 0 Å². The minimum Gasteiger partial charge on any atom is -0.338 e. The molecule has 1 amide bonds. The number of pyridine rings is 1. The van der Waals surface area contributed by atoms with Crippen LogP contribution in [0.4, 0.5) is 5.69 Å². The van der Waals surface area contributed by atoms with E-state index in [-0.39, 0.29) is 11.5 Å². The molecular formula is C31H30N6O2. The Morgan fingerprint density at radius 1 is 0.974 bits per heavy atom. The van der Waals surface area contributed by atoms with Crippen LogP contribution in [0.1, 0.15) is 21.5 Å². The van der Waals surface area contributed by atoms with E-state index in [1.54, 1.807) is 12.1 Å². The average molecular weight is 519 g/mol. The van der Waals surface area contributed by atoms with Gasteiger partial charge in [0.05, 0.1) is 22.1 Å². The van der Waals surface area contributed by atoms with Crippen molar-refractivity contribution < 1.29 is 4.79 Å². The molecule has 196 valence electrons. The van der Waals surface area contributed by atoms with Crippen molar-refractivity contribution in [3.63, 3.8) is 0 Å². The van der Waals surface area contributed by atoms with Crippen LogP contribution in [0.5, 0.6) is 0 Å². The Kier molecular flexibility index (Phi) is 5.79. The highest BCUT2D eigenvalue weighted by molar-refractivity contribution is 6.06. The van der Waals surface area contributed by atoms with Crippen LogP contribution in [0.3, 0.4) is 0 Å². The number of aromatic nitrogens is 3. The molecule has 0 radical (unpaired) electrons. The van der Waals surface area contributed by atoms with E-state index in [0.717, 1.165) is 61.3 Å². The zero-order valence-corrected chi connectivity index (χ0v) is 21.9. The second-order valence-corrected chi connectivity index (χ2v) is 10.7. The third-order valence-corrected chi connectivity index (χ3v) is 8.01. The van der Waals surface area contributed by atoms with Crippen LogP contribution in [-0.2, 0) is 19.5 Å². The molecule has 8 heteroatoms. The molecule has 0 bridgehead atoms. The number of imidazole rings is 1. The fraction of sp³-hybridized carbons (Fsp3) is 0.258. The normalized spacial score (nSPS) is 15.8. The van der Waals surface area contributed by atoms with Crippen molar-refractivity contribution in [1.29, 1.82) is 0 Å². The van der Waals surface area contributed by atoms with Crippen molar-refractivity contribution in [2.24, 2.45) is 0 Å². The van der Waals surface area contributed by atoms with Crippen molar-refractivity contribution in [2.75, 3.05) is 38.5 Å². The maximum atomic E-state index is 13.3. The molecule has 8 nitrogen and oxygen atoms in total. The van der Waals surface area contributed by atoms with Crippen LogP contribution >= 0.6 is 0 Å². The molecule has 0 unspecified atom stereocenters. The lowest BCUT2D eigenvalue weighted by molar-refractivity contribution is 0.102. The fourth-order valence-corrected chi connectivity index (χ4v) is 5.78. The summed E-state index contributed by atoms with van der Waals surface area (Å²) < 4.78 is 1.85. The van der Waals surface area contributed by atoms with Gasteiger partial charge < -0.3 is 19.8 Å². The van der Waals surface area contributed by atoms with Crippen LogP contribution < -0.4 is 10.9 Å². The van der Waals surface area contributed by atoms with Gasteiger partial charge in [0.25, 0.3) is 11.5 Å². The SMILES string of the molecule is CN1CCN(Cc2ccc(NC(=O)c3ccc4nc(-c5cc6cccc7c6n(c5=O)CC7)[nH]c4c3)cc2)CC1. The van der Waals surface area contributed by atoms with E-state index >= 15 is 0 Å². The van der Waals surface area contributed by atoms with Gasteiger partial charge in [-0.1, -0.05) is 30.3 Å². The molecule has 2 aromatic heterocycles. The Labute approximate surface area is 225 Å². The summed E-state index contributed by atoms with van der Waals surface area (Å²) in [4.78, 5) is 39.1. The van der Waals surface area contributed by atoms with Gasteiger partial charge in [-0.25, -0.2) is 4.98 Å². The number of fused-ring (bicyclic) bond motifs is 1. The maximum Gasteiger partial charge on any atom is 0.262 e. The summed E-state index contributed by atoms with van der Waals surface area (Å²) in [6, 6.07) is 21.5. The zero-order chi connectivity index (χ0) is 26.5. The van der Waals surface area contributed by atoms with Gasteiger partial charge in [0.2, 0.25) is 0 Å². The molecule has 0 atom stereocenters. The minimum atomic E-state index is -0.189. The van der Waals surface area contributed by atoms with Gasteiger partial charge in [-0.15, -0.1) is 0 Å². The molecule has 0 spiro atoms. The molecule has 7 rings (SSSR count). The fourth-order valence-electron chi connectivity index (χ4n) is 5.78. The van der Waals surface area contributed by atoms with Crippen LogP contribution in [0.2, 0.25) is 0 Å². The molecule has 1 fully saturated rings. The van der Waals surface area contributed by atoms with Gasteiger partial charge in [-0.05, 0) is 66.4 Å². The number of carbonyl (C=O) groups excluding carboxylic acids is 1. The highest BCUT2D eigenvalue weighted by atomic mass is 16.1. The van der Waals surface area contributed by atoms with Crippen molar-refractivity contribution in [3.8, 4) is 11.4 Å². The first-order chi connectivity index (χ1) is 19.0. The summed E-state index contributed by atoms with van der Waals surface area (Å²) in [6.45, 7) is 5.94. The third kappa shape index (κ3) is 4.41. The monoisotopic (exact) mass is 518 g/mol. The van der Waals surface area contributed by atoms with Crippen molar-refractivity contribution in [2.45, 2.75) is 19.5 Å². The van der Waals surface area contributed by atoms with Gasteiger partial charge in [0, 0.05) is 50.5 Å². The number of aromatic amines is 1. The Morgan fingerprint density at radius 3 is 2.62 bits per heavy atom. The number of amides is 1. The number of likely N-dealkylation sites (N-methyl/N-ethyl adjacent to an activating group) is 1. The number of H-pyrrole nitrogens is 1. The molecule has 5 aromatic rings. The smallest absolute Gasteiger partial charge is 0.262 e. The van der Waals surface area contributed by atoms with E-state index in [1.165, 1.54) is 11.1 Å². The zero-order valence-electron chi connectivity index (χ0n) is 21.9. The summed E-state index contributed by atoms with van der Waals surface area (Å²) in [7, 11) is 2.16. The highest BCUT2D eigenvalue weighted by Crippen LogP contribution is 2.28. The number of hydrogen-bond acceptors (Lipinski definition) is 5. The maximum absolute atomic E-state index is 13.3. The summed E-state index contributed by atoms with van der Waals surface area (Å²) >= 11 is 0. The van der Waals surface area contributed by atoms with Gasteiger partial charge in [-0.3, -0.25) is 14.5 Å². The molecule has 0 saturated carbocycles. The number of hydrogen-bond donors (Lipinski definition) is 2. The number of carbonyl (C=O) groups is 1. The van der Waals surface area contributed by atoms with Gasteiger partial charge in [-0.2, -0.15) is 0 Å². The first-order valence-corrected chi connectivity index (χ1v) is 13.5. The number of rotatable bonds is 5. The standard InChI is InChI=1S/C31H30N6O2/c1-35-13-15-36(16-14-35)19-20-5-8-24(9-6-20)32-30(38)23-7-10-26-27(18-23)34-29(33-26)25-17-22-4-2-3-21-11-12-37(28(21)22)31(25)39/h2-10,17-18H,11-16,19H2,1H3,(H,32,38)(H,33,34). The summed E-state index contributed by atoms with van der Waals surface area (Å²) in [5.74, 6) is 0.331. The number of anilines is 1. The lowest BCUT2D eigenvalue weighted by Crippen LogP contribution is -2.43. The largest absolute Gasteiger partial charge is 0.338 e. The van der Waals surface area contributed by atoms with Crippen molar-refractivity contribution in [1.82, 2.24) is 24.3 Å². The lowest BCUT2D eigenvalue weighted by Gasteiger charge is -2.32. The van der Waals surface area contributed by atoms with Crippen LogP contribution in [0.15, 0.2) is 71.5 Å². The number of aryl methyl sites for hydroxylation is 2. The van der Waals surface area contributed by atoms with Crippen molar-refractivity contribution >= 4 is 33.5 Å². The summed E-state index contributed by atoms with van der Waals surface area (Å²) in [6.07, 6.45) is 0.869. The lowest BCUT2D eigenvalue weighted by atomic mass is 10.1. The second kappa shape index (κ2) is 9.48. The van der Waals surface area contributed by atoms with E-state index in [0.29, 0.717) is 29.0 Å². The Bertz CT molecular complexity index is 1780. The Hall–Kier alpha value is -4.27. The predicted octanol–water partition coefficient (Wildman–Crippen LogP) is 4.10. The summed E-state index contributed by atoms with van der Waals surface area (Å²) in [5, 5.41) is 4.04. The van der Waals surface area contributed by atoms with E-state index in [9.17, 15) is 9.59 Å². The van der Waals surface area contributed by atoms with E-state index in [2.05, 4.69) is 50.3 Å². The average Bonchev–Trinajstić information content (AvgIpc) is 3.58. The third-order valence-electron chi connectivity index (χ3n) is 8.01. The Morgan fingerprint density at radius 2 is 1.79 bits per heavy atom. The second-order valence-electron chi connectivity index (χ2n) is 10.7. The topological polar surface area (TPSA) is 86.3 Å².